The molecule has 3 atom stereocenters. The van der Waals surface area contributed by atoms with Crippen LogP contribution in [-0.4, -0.2) is 142 Å². The zero-order valence-electron chi connectivity index (χ0n) is 31.2. The van der Waals surface area contributed by atoms with Crippen LogP contribution < -0.4 is 20.4 Å². The van der Waals surface area contributed by atoms with Crippen molar-refractivity contribution in [3.63, 3.8) is 0 Å². The van der Waals surface area contributed by atoms with Gasteiger partial charge < -0.3 is 34.9 Å². The number of rotatable bonds is 5. The molecule has 7 heterocycles. The molecule has 1 aromatic heterocycles. The van der Waals surface area contributed by atoms with Gasteiger partial charge in [0.2, 0.25) is 11.8 Å². The van der Waals surface area contributed by atoms with E-state index in [0.29, 0.717) is 68.4 Å². The Labute approximate surface area is 320 Å². The number of piperazine rings is 2. The number of nitrogens with one attached hydrogen (secondary N) is 2. The van der Waals surface area contributed by atoms with E-state index in [1.165, 1.54) is 0 Å². The highest BCUT2D eigenvalue weighted by Gasteiger charge is 2.41. The molecular formula is C40H48N10O5. The molecule has 0 saturated carbocycles. The summed E-state index contributed by atoms with van der Waals surface area (Å²) in [7, 11) is 0. The number of piperidine rings is 2. The second-order valence-electron chi connectivity index (χ2n) is 15.9. The first-order chi connectivity index (χ1) is 26.7. The van der Waals surface area contributed by atoms with Gasteiger partial charge in [0.25, 0.3) is 5.91 Å². The maximum atomic E-state index is 13.9. The van der Waals surface area contributed by atoms with Crippen molar-refractivity contribution >= 4 is 40.9 Å². The van der Waals surface area contributed by atoms with Crippen LogP contribution in [0, 0.1) is 5.92 Å². The number of fused-ring (bicyclic) bond motifs is 4. The topological polar surface area (TPSA) is 158 Å². The zero-order valence-corrected chi connectivity index (χ0v) is 31.2. The van der Waals surface area contributed by atoms with Crippen molar-refractivity contribution in [2.24, 2.45) is 5.92 Å². The first kappa shape index (κ1) is 35.3. The minimum Gasteiger partial charge on any atom is -0.507 e. The summed E-state index contributed by atoms with van der Waals surface area (Å²) in [6, 6.07) is 14.9. The number of nitrogens with zero attached hydrogens (tertiary/aromatic N) is 8. The fraction of sp³-hybridized carbons (Fsp3) is 0.500. The lowest BCUT2D eigenvalue weighted by molar-refractivity contribution is -0.136. The van der Waals surface area contributed by atoms with Crippen LogP contribution >= 0.6 is 0 Å². The maximum Gasteiger partial charge on any atom is 0.320 e. The highest BCUT2D eigenvalue weighted by molar-refractivity contribution is 6.05. The molecule has 288 valence electrons. The minimum absolute atomic E-state index is 0.110. The molecule has 55 heavy (non-hydrogen) atoms. The van der Waals surface area contributed by atoms with Gasteiger partial charge in [-0.3, -0.25) is 24.6 Å². The van der Waals surface area contributed by atoms with Crippen LogP contribution in [0.2, 0.25) is 0 Å². The van der Waals surface area contributed by atoms with Crippen molar-refractivity contribution in [2.45, 2.75) is 57.3 Å². The first-order valence-corrected chi connectivity index (χ1v) is 19.7. The van der Waals surface area contributed by atoms with Crippen LogP contribution in [0.3, 0.4) is 0 Å². The number of imide groups is 1. The Bertz CT molecular complexity index is 2020. The molecule has 3 aromatic rings. The van der Waals surface area contributed by atoms with Crippen LogP contribution in [0.4, 0.5) is 22.0 Å². The number of hydrogen-bond acceptors (Lipinski definition) is 11. The summed E-state index contributed by atoms with van der Waals surface area (Å²) in [5, 5.41) is 25.0. The summed E-state index contributed by atoms with van der Waals surface area (Å²) >= 11 is 0. The van der Waals surface area contributed by atoms with Crippen molar-refractivity contribution in [2.75, 3.05) is 80.6 Å². The summed E-state index contributed by atoms with van der Waals surface area (Å²) in [5.41, 5.74) is 4.83. The third kappa shape index (κ3) is 6.68. The van der Waals surface area contributed by atoms with Crippen LogP contribution in [-0.2, 0) is 16.1 Å². The van der Waals surface area contributed by atoms with Gasteiger partial charge in [0.15, 0.2) is 5.82 Å². The molecule has 0 radical (unpaired) electrons. The Morgan fingerprint density at radius 1 is 0.891 bits per heavy atom. The van der Waals surface area contributed by atoms with Gasteiger partial charge in [0, 0.05) is 101 Å². The van der Waals surface area contributed by atoms with E-state index >= 15 is 0 Å². The Kier molecular flexibility index (Phi) is 9.19. The fourth-order valence-corrected chi connectivity index (χ4v) is 9.43. The third-order valence-electron chi connectivity index (χ3n) is 12.5. The van der Waals surface area contributed by atoms with Gasteiger partial charge in [-0.2, -0.15) is 0 Å². The largest absolute Gasteiger partial charge is 0.507 e. The van der Waals surface area contributed by atoms with E-state index in [1.54, 1.807) is 17.0 Å². The van der Waals surface area contributed by atoms with Crippen molar-refractivity contribution in [1.29, 1.82) is 0 Å². The number of urea groups is 1. The number of hydrogen-bond donors (Lipinski definition) is 3. The van der Waals surface area contributed by atoms with Gasteiger partial charge in [-0.15, -0.1) is 10.2 Å². The predicted molar refractivity (Wildman–Crippen MR) is 206 cm³/mol. The van der Waals surface area contributed by atoms with Gasteiger partial charge in [0.05, 0.1) is 17.4 Å². The van der Waals surface area contributed by atoms with E-state index in [-0.39, 0.29) is 48.0 Å². The molecule has 4 saturated heterocycles. The average Bonchev–Trinajstić information content (AvgIpc) is 3.52. The van der Waals surface area contributed by atoms with Crippen molar-refractivity contribution < 1.29 is 24.3 Å². The second-order valence-corrected chi connectivity index (χ2v) is 15.9. The van der Waals surface area contributed by atoms with Crippen molar-refractivity contribution in [3.8, 4) is 17.0 Å². The molecular weight excluding hydrogens is 701 g/mol. The van der Waals surface area contributed by atoms with E-state index < -0.39 is 6.04 Å². The lowest BCUT2D eigenvalue weighted by Crippen LogP contribution is -2.63. The number of aromatic nitrogens is 2. The van der Waals surface area contributed by atoms with E-state index in [1.807, 2.05) is 35.2 Å². The SMILES string of the molecule is C[C@H]1CN(CC2CCN(c3ccc4c(c3)C(=O)N(C3CCC(=O)NC3=O)C4)CC2)CCN1C(=O)N1CCN2c3cc(-c4ccccc4O)nnc3NC[C@H]2C1. The van der Waals surface area contributed by atoms with Gasteiger partial charge >= 0.3 is 6.03 Å². The molecule has 6 aliphatic heterocycles. The number of aromatic hydroxyl groups is 1. The van der Waals surface area contributed by atoms with Gasteiger partial charge in [-0.05, 0) is 68.0 Å². The summed E-state index contributed by atoms with van der Waals surface area (Å²) in [4.78, 5) is 64.3. The predicted octanol–water partition coefficient (Wildman–Crippen LogP) is 2.57. The fourth-order valence-electron chi connectivity index (χ4n) is 9.43. The smallest absolute Gasteiger partial charge is 0.320 e. The maximum absolute atomic E-state index is 13.9. The Balaban J connectivity index is 0.753. The standard InChI is InChI=1S/C40H48N10O5/c1-25-21-45(22-26-10-12-46(13-11-26)28-7-6-27-23-50(39(54)31(27)18-28)33-8-9-36(52)42-38(33)53)14-16-48(25)40(55)47-15-17-49-29(24-47)20-41-37-34(49)19-32(43-44-37)30-4-2-3-5-35(30)51/h2-7,18-19,25-26,29,33,51H,8-17,20-24H2,1H3,(H,41,44)(H,42,52,53)/t25-,29-,33?/m0/s1. The lowest BCUT2D eigenvalue weighted by Gasteiger charge is -2.48. The third-order valence-corrected chi connectivity index (χ3v) is 12.5. The lowest BCUT2D eigenvalue weighted by atomic mass is 9.95. The summed E-state index contributed by atoms with van der Waals surface area (Å²) in [6.07, 6.45) is 2.73. The molecule has 9 rings (SSSR count). The summed E-state index contributed by atoms with van der Waals surface area (Å²) in [5.74, 6) is 0.657. The molecule has 4 fully saturated rings. The van der Waals surface area contributed by atoms with Gasteiger partial charge in [0.1, 0.15) is 11.8 Å². The van der Waals surface area contributed by atoms with Gasteiger partial charge in [-0.1, -0.05) is 18.2 Å². The van der Waals surface area contributed by atoms with Crippen LogP contribution in [0.25, 0.3) is 11.3 Å². The number of carbonyl (C=O) groups excluding carboxylic acids is 4. The summed E-state index contributed by atoms with van der Waals surface area (Å²) in [6.45, 7) is 10.5. The van der Waals surface area contributed by atoms with Crippen molar-refractivity contribution in [1.82, 2.24) is 35.1 Å². The zero-order chi connectivity index (χ0) is 37.8. The van der Waals surface area contributed by atoms with Crippen molar-refractivity contribution in [3.05, 3.63) is 59.7 Å². The van der Waals surface area contributed by atoms with Crippen LogP contribution in [0.5, 0.6) is 5.75 Å². The average molecular weight is 749 g/mol. The highest BCUT2D eigenvalue weighted by Crippen LogP contribution is 2.37. The second kappa shape index (κ2) is 14.3. The molecule has 0 bridgehead atoms. The number of phenolic OH excluding ortho intramolecular Hbond substituents is 1. The number of amides is 5. The Morgan fingerprint density at radius 3 is 2.53 bits per heavy atom. The minimum atomic E-state index is -0.605. The molecule has 0 spiro atoms. The first-order valence-electron chi connectivity index (χ1n) is 19.7. The van der Waals surface area contributed by atoms with E-state index in [2.05, 4.69) is 53.4 Å². The molecule has 6 aliphatic rings. The van der Waals surface area contributed by atoms with Crippen LogP contribution in [0.15, 0.2) is 48.5 Å². The molecule has 0 aliphatic carbocycles. The molecule has 1 unspecified atom stereocenters. The molecule has 5 amide bonds. The van der Waals surface area contributed by atoms with E-state index in [0.717, 1.165) is 68.3 Å². The Morgan fingerprint density at radius 2 is 1.73 bits per heavy atom. The number of benzene rings is 2. The van der Waals surface area contributed by atoms with Crippen LogP contribution in [0.1, 0.15) is 48.5 Å². The monoisotopic (exact) mass is 748 g/mol. The van der Waals surface area contributed by atoms with E-state index in [9.17, 15) is 24.3 Å². The number of anilines is 3. The molecule has 15 heteroatoms. The van der Waals surface area contributed by atoms with E-state index in [4.69, 9.17) is 0 Å². The number of carbonyl (C=O) groups is 4. The Hall–Kier alpha value is -5.44. The van der Waals surface area contributed by atoms with Gasteiger partial charge in [-0.25, -0.2) is 4.79 Å². The number of phenols is 1. The quantitative estimate of drug-likeness (QED) is 0.330. The highest BCUT2D eigenvalue weighted by atomic mass is 16.3. The summed E-state index contributed by atoms with van der Waals surface area (Å²) < 4.78 is 0. The number of para-hydroxylation sites is 1. The normalized spacial score (nSPS) is 24.6. The molecule has 15 nitrogen and oxygen atoms in total. The molecule has 2 aromatic carbocycles. The molecule has 3 N–H and O–H groups in total.